The molecule has 8 nitrogen and oxygen atoms in total. The second-order valence-corrected chi connectivity index (χ2v) is 9.89. The molecule has 0 fully saturated rings. The van der Waals surface area contributed by atoms with E-state index in [0.717, 1.165) is 0 Å². The molecule has 0 bridgehead atoms. The highest BCUT2D eigenvalue weighted by molar-refractivity contribution is 7.93. The summed E-state index contributed by atoms with van der Waals surface area (Å²) in [5.74, 6) is 0.364. The van der Waals surface area contributed by atoms with Crippen LogP contribution in [0.2, 0.25) is 10.0 Å². The van der Waals surface area contributed by atoms with Crippen LogP contribution >= 0.6 is 34.5 Å². The lowest BCUT2D eigenvalue weighted by atomic mass is 10.3. The third-order valence-electron chi connectivity index (χ3n) is 4.25. The molecule has 2 aromatic heterocycles. The molecule has 0 aliphatic heterocycles. The van der Waals surface area contributed by atoms with Crippen LogP contribution in [0.5, 0.6) is 5.75 Å². The summed E-state index contributed by atoms with van der Waals surface area (Å²) in [4.78, 5) is 16.4. The van der Waals surface area contributed by atoms with Crippen LogP contribution in [0.3, 0.4) is 0 Å². The third kappa shape index (κ3) is 5.66. The van der Waals surface area contributed by atoms with Gasteiger partial charge in [-0.1, -0.05) is 29.3 Å². The van der Waals surface area contributed by atoms with Crippen LogP contribution in [0, 0.1) is 0 Å². The Labute approximate surface area is 203 Å². The summed E-state index contributed by atoms with van der Waals surface area (Å²) >= 11 is 13.2. The van der Waals surface area contributed by atoms with Crippen LogP contribution in [0.15, 0.2) is 75.5 Å². The predicted molar refractivity (Wildman–Crippen MR) is 127 cm³/mol. The zero-order valence-corrected chi connectivity index (χ0v) is 19.8. The summed E-state index contributed by atoms with van der Waals surface area (Å²) in [7, 11) is -3.78. The van der Waals surface area contributed by atoms with Gasteiger partial charge < -0.3 is 14.5 Å². The Balaban J connectivity index is 1.36. The number of carbonyl (C=O) groups is 1. The second-order valence-electron chi connectivity index (χ2n) is 6.53. The normalized spacial score (nSPS) is 11.2. The highest BCUT2D eigenvalue weighted by Gasteiger charge is 2.17. The number of furan rings is 1. The van der Waals surface area contributed by atoms with E-state index in [-0.39, 0.29) is 27.4 Å². The van der Waals surface area contributed by atoms with Gasteiger partial charge >= 0.3 is 0 Å². The van der Waals surface area contributed by atoms with Crippen LogP contribution in [0.4, 0.5) is 10.8 Å². The maximum Gasteiger partial charge on any atom is 0.291 e. The van der Waals surface area contributed by atoms with Gasteiger partial charge in [0.2, 0.25) is 0 Å². The Morgan fingerprint density at radius 2 is 1.88 bits per heavy atom. The van der Waals surface area contributed by atoms with Gasteiger partial charge in [-0.15, -0.1) is 11.3 Å². The Morgan fingerprint density at radius 1 is 1.09 bits per heavy atom. The Hall–Kier alpha value is -3.05. The number of aromatic nitrogens is 1. The Bertz CT molecular complexity index is 1370. The summed E-state index contributed by atoms with van der Waals surface area (Å²) in [6.45, 7) is 0.0476. The van der Waals surface area contributed by atoms with Crippen molar-refractivity contribution in [1.82, 2.24) is 4.98 Å². The molecule has 33 heavy (non-hydrogen) atoms. The first kappa shape index (κ1) is 23.1. The quantitative estimate of drug-likeness (QED) is 0.307. The summed E-state index contributed by atoms with van der Waals surface area (Å²) in [6.07, 6.45) is 1.50. The van der Waals surface area contributed by atoms with Gasteiger partial charge in [-0.2, -0.15) is 0 Å². The van der Waals surface area contributed by atoms with Crippen molar-refractivity contribution in [1.29, 1.82) is 0 Å². The van der Waals surface area contributed by atoms with Crippen molar-refractivity contribution in [3.8, 4) is 5.75 Å². The van der Waals surface area contributed by atoms with Gasteiger partial charge in [0.15, 0.2) is 10.9 Å². The average molecular weight is 524 g/mol. The maximum absolute atomic E-state index is 12.5. The number of nitrogens with one attached hydrogen (secondary N) is 2. The van der Waals surface area contributed by atoms with Gasteiger partial charge in [-0.25, -0.2) is 13.4 Å². The van der Waals surface area contributed by atoms with Gasteiger partial charge in [0, 0.05) is 17.3 Å². The first-order valence-electron chi connectivity index (χ1n) is 9.31. The number of thiazole rings is 1. The summed E-state index contributed by atoms with van der Waals surface area (Å²) in [6, 6.07) is 13.8. The minimum Gasteiger partial charge on any atom is -0.484 e. The van der Waals surface area contributed by atoms with Gasteiger partial charge in [0.05, 0.1) is 9.92 Å². The standard InChI is InChI=1S/C21H15Cl2N3O5S2/c22-16-2-1-3-17(19(16)23)30-12-14-6-9-18(31-14)20(27)25-13-4-7-15(8-5-13)33(28,29)26-21-24-10-11-32-21/h1-11H,12H2,(H,24,26)(H,25,27). The fourth-order valence-corrected chi connectivity index (χ4v) is 4.81. The lowest BCUT2D eigenvalue weighted by Gasteiger charge is -2.08. The van der Waals surface area contributed by atoms with Gasteiger partial charge in [0.25, 0.3) is 15.9 Å². The molecular weight excluding hydrogens is 509 g/mol. The number of rotatable bonds is 8. The minimum atomic E-state index is -3.78. The van der Waals surface area contributed by atoms with Crippen LogP contribution in [0.25, 0.3) is 0 Å². The smallest absolute Gasteiger partial charge is 0.291 e. The molecule has 0 aliphatic rings. The molecule has 2 aromatic carbocycles. The molecule has 2 heterocycles. The van der Waals surface area contributed by atoms with E-state index in [2.05, 4.69) is 15.0 Å². The molecule has 0 aliphatic carbocycles. The van der Waals surface area contributed by atoms with E-state index in [4.69, 9.17) is 32.4 Å². The lowest BCUT2D eigenvalue weighted by Crippen LogP contribution is -2.13. The van der Waals surface area contributed by atoms with Gasteiger partial charge in [-0.3, -0.25) is 9.52 Å². The fraction of sp³-hybridized carbons (Fsp3) is 0.0476. The van der Waals surface area contributed by atoms with Gasteiger partial charge in [-0.05, 0) is 48.5 Å². The van der Waals surface area contributed by atoms with Crippen molar-refractivity contribution in [2.45, 2.75) is 11.5 Å². The number of nitrogens with zero attached hydrogens (tertiary/aromatic N) is 1. The molecule has 0 saturated carbocycles. The Morgan fingerprint density at radius 3 is 2.61 bits per heavy atom. The van der Waals surface area contributed by atoms with E-state index in [1.165, 1.54) is 47.9 Å². The van der Waals surface area contributed by atoms with E-state index >= 15 is 0 Å². The third-order valence-corrected chi connectivity index (χ3v) is 7.22. The SMILES string of the molecule is O=C(Nc1ccc(S(=O)(=O)Nc2nccs2)cc1)c1ccc(COc2cccc(Cl)c2Cl)o1. The van der Waals surface area contributed by atoms with Crippen LogP contribution < -0.4 is 14.8 Å². The molecule has 1 amide bonds. The molecule has 0 atom stereocenters. The molecule has 2 N–H and O–H groups in total. The van der Waals surface area contributed by atoms with E-state index in [1.807, 2.05) is 0 Å². The number of sulfonamides is 1. The molecule has 0 saturated heterocycles. The number of amides is 1. The van der Waals surface area contributed by atoms with Crippen molar-refractivity contribution >= 4 is 61.3 Å². The van der Waals surface area contributed by atoms with E-state index < -0.39 is 15.9 Å². The van der Waals surface area contributed by atoms with Crippen molar-refractivity contribution in [2.75, 3.05) is 10.0 Å². The number of halogens is 2. The molecule has 4 rings (SSSR count). The minimum absolute atomic E-state index is 0.0350. The first-order valence-corrected chi connectivity index (χ1v) is 12.4. The first-order chi connectivity index (χ1) is 15.8. The van der Waals surface area contributed by atoms with Crippen LogP contribution in [0.1, 0.15) is 16.3 Å². The highest BCUT2D eigenvalue weighted by atomic mass is 35.5. The largest absolute Gasteiger partial charge is 0.484 e. The number of hydrogen-bond acceptors (Lipinski definition) is 7. The van der Waals surface area contributed by atoms with E-state index in [0.29, 0.717) is 22.2 Å². The topological polar surface area (TPSA) is 111 Å². The van der Waals surface area contributed by atoms with Gasteiger partial charge in [0.1, 0.15) is 23.1 Å². The molecule has 4 aromatic rings. The summed E-state index contributed by atoms with van der Waals surface area (Å²) in [5, 5.41) is 5.23. The fourth-order valence-electron chi connectivity index (χ4n) is 2.68. The number of ether oxygens (including phenoxy) is 1. The average Bonchev–Trinajstić information content (AvgIpc) is 3.47. The number of anilines is 2. The van der Waals surface area contributed by atoms with Crippen molar-refractivity contribution < 1.29 is 22.4 Å². The van der Waals surface area contributed by atoms with Crippen LogP contribution in [-0.2, 0) is 16.6 Å². The van der Waals surface area contributed by atoms with Crippen molar-refractivity contribution in [2.24, 2.45) is 0 Å². The molecule has 12 heteroatoms. The number of hydrogen-bond donors (Lipinski definition) is 2. The summed E-state index contributed by atoms with van der Waals surface area (Å²) < 4.78 is 38.3. The molecular formula is C21H15Cl2N3O5S2. The maximum atomic E-state index is 12.5. The Kier molecular flexibility index (Phi) is 6.89. The highest BCUT2D eigenvalue weighted by Crippen LogP contribution is 2.32. The van der Waals surface area contributed by atoms with Crippen molar-refractivity contribution in [3.63, 3.8) is 0 Å². The molecule has 170 valence electrons. The zero-order valence-electron chi connectivity index (χ0n) is 16.6. The van der Waals surface area contributed by atoms with Crippen molar-refractivity contribution in [3.05, 3.63) is 87.7 Å². The summed E-state index contributed by atoms with van der Waals surface area (Å²) in [5.41, 5.74) is 0.396. The van der Waals surface area contributed by atoms with Crippen LogP contribution in [-0.4, -0.2) is 19.3 Å². The van der Waals surface area contributed by atoms with E-state index in [9.17, 15) is 13.2 Å². The van der Waals surface area contributed by atoms with E-state index in [1.54, 1.807) is 29.6 Å². The number of benzene rings is 2. The molecule has 0 radical (unpaired) electrons. The second kappa shape index (κ2) is 9.84. The zero-order chi connectivity index (χ0) is 23.4. The number of carbonyl (C=O) groups excluding carboxylic acids is 1. The monoisotopic (exact) mass is 523 g/mol. The molecule has 0 unspecified atom stereocenters. The predicted octanol–water partition coefficient (Wildman–Crippen LogP) is 5.68. The molecule has 0 spiro atoms. The lowest BCUT2D eigenvalue weighted by molar-refractivity contribution is 0.0992.